The highest BCUT2D eigenvalue weighted by Crippen LogP contribution is 2.43. The van der Waals surface area contributed by atoms with Gasteiger partial charge in [0, 0.05) is 0 Å². The van der Waals surface area contributed by atoms with Gasteiger partial charge in [0.2, 0.25) is 0 Å². The van der Waals surface area contributed by atoms with Gasteiger partial charge in [0.1, 0.15) is 6.07 Å². The van der Waals surface area contributed by atoms with Gasteiger partial charge >= 0.3 is 0 Å². The first-order chi connectivity index (χ1) is 6.91. The molecule has 0 aliphatic heterocycles. The lowest BCUT2D eigenvalue weighted by Crippen LogP contribution is -1.95. The molecule has 0 aliphatic rings. The standard InChI is InChI=1S/C10H7Cl4N/c1-4(2)6-9(13)7(11)5(3-15)8(12)10(6)14/h4H,1-2H3. The van der Waals surface area contributed by atoms with Crippen molar-refractivity contribution in [1.29, 1.82) is 5.26 Å². The van der Waals surface area contributed by atoms with Crippen molar-refractivity contribution in [2.45, 2.75) is 19.8 Å². The van der Waals surface area contributed by atoms with Crippen LogP contribution in [-0.4, -0.2) is 0 Å². The van der Waals surface area contributed by atoms with E-state index in [1.165, 1.54) is 0 Å². The van der Waals surface area contributed by atoms with E-state index in [4.69, 9.17) is 51.7 Å². The molecule has 15 heavy (non-hydrogen) atoms. The molecular weight excluding hydrogens is 276 g/mol. The summed E-state index contributed by atoms with van der Waals surface area (Å²) in [7, 11) is 0. The first kappa shape index (κ1) is 12.9. The van der Waals surface area contributed by atoms with Crippen molar-refractivity contribution < 1.29 is 0 Å². The Labute approximate surface area is 108 Å². The van der Waals surface area contributed by atoms with Crippen LogP contribution in [0.2, 0.25) is 20.1 Å². The maximum absolute atomic E-state index is 8.84. The molecule has 0 N–H and O–H groups in total. The fourth-order valence-electron chi connectivity index (χ4n) is 1.25. The molecule has 0 atom stereocenters. The zero-order chi connectivity index (χ0) is 11.7. The molecule has 80 valence electrons. The Morgan fingerprint density at radius 3 is 1.60 bits per heavy atom. The van der Waals surface area contributed by atoms with Gasteiger partial charge in [-0.3, -0.25) is 0 Å². The summed E-state index contributed by atoms with van der Waals surface area (Å²) in [5, 5.41) is 9.78. The summed E-state index contributed by atoms with van der Waals surface area (Å²) in [6, 6.07) is 1.88. The number of nitrogens with zero attached hydrogens (tertiary/aromatic N) is 1. The van der Waals surface area contributed by atoms with Crippen molar-refractivity contribution in [3.63, 3.8) is 0 Å². The van der Waals surface area contributed by atoms with E-state index in [2.05, 4.69) is 0 Å². The van der Waals surface area contributed by atoms with Crippen LogP contribution in [-0.2, 0) is 0 Å². The second-order valence-electron chi connectivity index (χ2n) is 3.31. The van der Waals surface area contributed by atoms with Crippen LogP contribution < -0.4 is 0 Å². The molecule has 1 rings (SSSR count). The predicted molar refractivity (Wildman–Crippen MR) is 65.3 cm³/mol. The number of benzene rings is 1. The van der Waals surface area contributed by atoms with Gasteiger partial charge in [-0.25, -0.2) is 0 Å². The highest BCUT2D eigenvalue weighted by molar-refractivity contribution is 6.49. The summed E-state index contributed by atoms with van der Waals surface area (Å²) >= 11 is 23.9. The second-order valence-corrected chi connectivity index (χ2v) is 4.82. The number of halogens is 4. The summed E-state index contributed by atoms with van der Waals surface area (Å²) in [5.74, 6) is 0.0905. The summed E-state index contributed by atoms with van der Waals surface area (Å²) in [6.45, 7) is 3.84. The molecule has 0 amide bonds. The predicted octanol–water partition coefficient (Wildman–Crippen LogP) is 5.30. The van der Waals surface area contributed by atoms with E-state index in [0.29, 0.717) is 15.6 Å². The Morgan fingerprint density at radius 2 is 1.33 bits per heavy atom. The molecule has 0 spiro atoms. The molecule has 1 aromatic rings. The fourth-order valence-corrected chi connectivity index (χ4v) is 2.64. The van der Waals surface area contributed by atoms with Crippen LogP contribution in [0.4, 0.5) is 0 Å². The molecule has 0 fully saturated rings. The molecule has 0 bridgehead atoms. The molecular formula is C10H7Cl4N. The van der Waals surface area contributed by atoms with Gasteiger partial charge in [0.25, 0.3) is 0 Å². The molecule has 1 aromatic carbocycles. The van der Waals surface area contributed by atoms with Crippen LogP contribution in [0.3, 0.4) is 0 Å². The number of hydrogen-bond acceptors (Lipinski definition) is 1. The minimum atomic E-state index is 0.0905. The first-order valence-electron chi connectivity index (χ1n) is 4.17. The van der Waals surface area contributed by atoms with Crippen LogP contribution in [0.25, 0.3) is 0 Å². The third-order valence-corrected chi connectivity index (χ3v) is 3.72. The lowest BCUT2D eigenvalue weighted by molar-refractivity contribution is 0.867. The Kier molecular flexibility index (Phi) is 4.14. The Balaban J connectivity index is 3.69. The van der Waals surface area contributed by atoms with E-state index in [0.717, 1.165) is 0 Å². The van der Waals surface area contributed by atoms with Crippen LogP contribution in [0, 0.1) is 11.3 Å². The van der Waals surface area contributed by atoms with E-state index >= 15 is 0 Å². The van der Waals surface area contributed by atoms with Crippen molar-refractivity contribution in [1.82, 2.24) is 0 Å². The molecule has 0 heterocycles. The van der Waals surface area contributed by atoms with Crippen LogP contribution >= 0.6 is 46.4 Å². The van der Waals surface area contributed by atoms with Crippen molar-refractivity contribution in [3.05, 3.63) is 31.2 Å². The summed E-state index contributed by atoms with van der Waals surface area (Å²) in [5.41, 5.74) is 0.796. The number of hydrogen-bond donors (Lipinski definition) is 0. The Hall–Kier alpha value is -0.130. The number of nitriles is 1. The van der Waals surface area contributed by atoms with Gasteiger partial charge in [0.15, 0.2) is 0 Å². The average Bonchev–Trinajstić information content (AvgIpc) is 2.16. The maximum Gasteiger partial charge on any atom is 0.102 e. The quantitative estimate of drug-likeness (QED) is 0.642. The topological polar surface area (TPSA) is 23.8 Å². The lowest BCUT2D eigenvalue weighted by Gasteiger charge is -2.14. The van der Waals surface area contributed by atoms with Crippen molar-refractivity contribution in [2.24, 2.45) is 0 Å². The Bertz CT molecular complexity index is 417. The van der Waals surface area contributed by atoms with Gasteiger partial charge in [-0.05, 0) is 11.5 Å². The zero-order valence-electron chi connectivity index (χ0n) is 8.04. The first-order valence-corrected chi connectivity index (χ1v) is 5.68. The highest BCUT2D eigenvalue weighted by atomic mass is 35.5. The average molecular weight is 283 g/mol. The molecule has 0 saturated carbocycles. The van der Waals surface area contributed by atoms with Gasteiger partial charge < -0.3 is 0 Å². The van der Waals surface area contributed by atoms with Crippen molar-refractivity contribution >= 4 is 46.4 Å². The minimum absolute atomic E-state index is 0.0905. The fraction of sp³-hybridized carbons (Fsp3) is 0.300. The monoisotopic (exact) mass is 281 g/mol. The van der Waals surface area contributed by atoms with Crippen LogP contribution in [0.1, 0.15) is 30.9 Å². The molecule has 0 aliphatic carbocycles. The normalized spacial score (nSPS) is 10.5. The lowest BCUT2D eigenvalue weighted by atomic mass is 10.0. The van der Waals surface area contributed by atoms with E-state index < -0.39 is 0 Å². The Morgan fingerprint density at radius 1 is 0.933 bits per heavy atom. The largest absolute Gasteiger partial charge is 0.192 e. The van der Waals surface area contributed by atoms with Crippen LogP contribution in [0.5, 0.6) is 0 Å². The van der Waals surface area contributed by atoms with Gasteiger partial charge in [-0.15, -0.1) is 0 Å². The highest BCUT2D eigenvalue weighted by Gasteiger charge is 2.21. The molecule has 0 aromatic heterocycles. The second kappa shape index (κ2) is 4.80. The maximum atomic E-state index is 8.84. The third kappa shape index (κ3) is 2.19. The van der Waals surface area contributed by atoms with E-state index in [-0.39, 0.29) is 21.5 Å². The van der Waals surface area contributed by atoms with Crippen molar-refractivity contribution in [2.75, 3.05) is 0 Å². The smallest absolute Gasteiger partial charge is 0.102 e. The summed E-state index contributed by atoms with van der Waals surface area (Å²) in [4.78, 5) is 0. The molecule has 0 saturated heterocycles. The summed E-state index contributed by atoms with van der Waals surface area (Å²) < 4.78 is 0. The zero-order valence-corrected chi connectivity index (χ0v) is 11.1. The van der Waals surface area contributed by atoms with E-state index in [9.17, 15) is 0 Å². The van der Waals surface area contributed by atoms with Gasteiger partial charge in [-0.2, -0.15) is 5.26 Å². The third-order valence-electron chi connectivity index (χ3n) is 1.99. The molecule has 5 heteroatoms. The van der Waals surface area contributed by atoms with E-state index in [1.54, 1.807) is 0 Å². The number of rotatable bonds is 1. The van der Waals surface area contributed by atoms with Gasteiger partial charge in [-0.1, -0.05) is 60.3 Å². The van der Waals surface area contributed by atoms with Crippen LogP contribution in [0.15, 0.2) is 0 Å². The minimum Gasteiger partial charge on any atom is -0.192 e. The molecule has 0 radical (unpaired) electrons. The van der Waals surface area contributed by atoms with Gasteiger partial charge in [0.05, 0.1) is 25.7 Å². The molecule has 0 unspecified atom stereocenters. The van der Waals surface area contributed by atoms with E-state index in [1.807, 2.05) is 19.9 Å². The van der Waals surface area contributed by atoms with Crippen molar-refractivity contribution in [3.8, 4) is 6.07 Å². The molecule has 1 nitrogen and oxygen atoms in total. The summed E-state index contributed by atoms with van der Waals surface area (Å²) in [6.07, 6.45) is 0. The SMILES string of the molecule is CC(C)c1c(Cl)c(Cl)c(C#N)c(Cl)c1Cl.